The second kappa shape index (κ2) is 7.51. The van der Waals surface area contributed by atoms with Gasteiger partial charge in [0.05, 0.1) is 5.69 Å². The van der Waals surface area contributed by atoms with Crippen LogP contribution in [0.3, 0.4) is 0 Å². The van der Waals surface area contributed by atoms with Gasteiger partial charge in [-0.05, 0) is 55.5 Å². The third kappa shape index (κ3) is 4.07. The molecule has 3 rings (SSSR count). The fourth-order valence-electron chi connectivity index (χ4n) is 3.34. The zero-order valence-corrected chi connectivity index (χ0v) is 13.9. The van der Waals surface area contributed by atoms with Crippen LogP contribution in [0.1, 0.15) is 36.0 Å². The van der Waals surface area contributed by atoms with E-state index in [-0.39, 0.29) is 18.2 Å². The quantitative estimate of drug-likeness (QED) is 0.905. The van der Waals surface area contributed by atoms with Crippen LogP contribution in [0, 0.1) is 11.7 Å². The van der Waals surface area contributed by atoms with Gasteiger partial charge >= 0.3 is 5.97 Å². The lowest BCUT2D eigenvalue weighted by atomic mass is 9.93. The van der Waals surface area contributed by atoms with Crippen molar-refractivity contribution in [2.45, 2.75) is 25.7 Å². The van der Waals surface area contributed by atoms with Crippen LogP contribution in [0.25, 0.3) is 5.69 Å². The summed E-state index contributed by atoms with van der Waals surface area (Å²) in [4.78, 5) is 25.1. The summed E-state index contributed by atoms with van der Waals surface area (Å²) >= 11 is 0. The van der Waals surface area contributed by atoms with Crippen LogP contribution in [-0.4, -0.2) is 39.5 Å². The summed E-state index contributed by atoms with van der Waals surface area (Å²) in [5.41, 5.74) is 0.729. The number of benzene rings is 1. The first-order chi connectivity index (χ1) is 12.0. The summed E-state index contributed by atoms with van der Waals surface area (Å²) < 4.78 is 16.0. The molecule has 1 fully saturated rings. The van der Waals surface area contributed by atoms with Crippen molar-refractivity contribution in [2.75, 3.05) is 13.1 Å². The van der Waals surface area contributed by atoms with E-state index < -0.39 is 11.8 Å². The molecule has 6 heteroatoms. The molecule has 5 nitrogen and oxygen atoms in total. The zero-order valence-electron chi connectivity index (χ0n) is 13.9. The van der Waals surface area contributed by atoms with Gasteiger partial charge in [-0.1, -0.05) is 0 Å². The molecule has 1 aromatic heterocycles. The third-order valence-corrected chi connectivity index (χ3v) is 4.65. The minimum absolute atomic E-state index is 0.118. The largest absolute Gasteiger partial charge is 0.481 e. The fourth-order valence-corrected chi connectivity index (χ4v) is 3.34. The highest BCUT2D eigenvalue weighted by Crippen LogP contribution is 2.23. The molecular formula is C19H21FN2O3. The van der Waals surface area contributed by atoms with E-state index in [1.807, 2.05) is 12.1 Å². The smallest absolute Gasteiger partial charge is 0.303 e. The van der Waals surface area contributed by atoms with Gasteiger partial charge in [-0.3, -0.25) is 9.59 Å². The molecule has 1 N–H and O–H groups in total. The van der Waals surface area contributed by atoms with Crippen LogP contribution in [0.2, 0.25) is 0 Å². The Balaban J connectivity index is 1.70. The van der Waals surface area contributed by atoms with Gasteiger partial charge in [0, 0.05) is 37.5 Å². The van der Waals surface area contributed by atoms with Gasteiger partial charge in [-0.25, -0.2) is 4.39 Å². The molecule has 0 bridgehead atoms. The van der Waals surface area contributed by atoms with E-state index in [9.17, 15) is 14.0 Å². The van der Waals surface area contributed by atoms with Crippen molar-refractivity contribution >= 4 is 11.9 Å². The summed E-state index contributed by atoms with van der Waals surface area (Å²) in [5, 5.41) is 8.81. The number of aromatic nitrogens is 1. The molecule has 25 heavy (non-hydrogen) atoms. The Morgan fingerprint density at radius 1 is 1.24 bits per heavy atom. The molecule has 1 atom stereocenters. The van der Waals surface area contributed by atoms with Gasteiger partial charge in [0.25, 0.3) is 5.91 Å². The van der Waals surface area contributed by atoms with Crippen LogP contribution in [0.4, 0.5) is 4.39 Å². The van der Waals surface area contributed by atoms with Crippen molar-refractivity contribution in [1.82, 2.24) is 9.47 Å². The number of hydrogen-bond donors (Lipinski definition) is 1. The lowest BCUT2D eigenvalue weighted by Gasteiger charge is -2.32. The Bertz CT molecular complexity index is 758. The van der Waals surface area contributed by atoms with Crippen LogP contribution >= 0.6 is 0 Å². The molecule has 1 amide bonds. The molecule has 0 saturated carbocycles. The second-order valence-electron chi connectivity index (χ2n) is 6.45. The van der Waals surface area contributed by atoms with Crippen molar-refractivity contribution in [3.63, 3.8) is 0 Å². The lowest BCUT2D eigenvalue weighted by molar-refractivity contribution is -0.137. The van der Waals surface area contributed by atoms with Crippen molar-refractivity contribution in [3.05, 3.63) is 54.1 Å². The molecule has 0 spiro atoms. The maximum atomic E-state index is 14.4. The number of halogens is 1. The molecule has 2 aromatic rings. The first kappa shape index (κ1) is 17.2. The molecular weight excluding hydrogens is 323 g/mol. The predicted molar refractivity (Wildman–Crippen MR) is 91.2 cm³/mol. The molecule has 0 radical (unpaired) electrons. The Morgan fingerprint density at radius 3 is 2.68 bits per heavy atom. The Labute approximate surface area is 145 Å². The number of likely N-dealkylation sites (tertiary alicyclic amines) is 1. The van der Waals surface area contributed by atoms with Gasteiger partial charge in [0.2, 0.25) is 0 Å². The number of rotatable bonds is 5. The zero-order chi connectivity index (χ0) is 17.8. The highest BCUT2D eigenvalue weighted by Gasteiger charge is 2.25. The maximum absolute atomic E-state index is 14.4. The average molecular weight is 344 g/mol. The van der Waals surface area contributed by atoms with E-state index >= 15 is 0 Å². The van der Waals surface area contributed by atoms with Gasteiger partial charge < -0.3 is 14.6 Å². The van der Waals surface area contributed by atoms with Crippen molar-refractivity contribution in [1.29, 1.82) is 0 Å². The molecule has 1 aliphatic heterocycles. The minimum atomic E-state index is -0.814. The van der Waals surface area contributed by atoms with Gasteiger partial charge in [-0.2, -0.15) is 0 Å². The Kier molecular flexibility index (Phi) is 5.16. The highest BCUT2D eigenvalue weighted by molar-refractivity contribution is 5.94. The van der Waals surface area contributed by atoms with Crippen LogP contribution in [0.5, 0.6) is 0 Å². The van der Waals surface area contributed by atoms with Crippen molar-refractivity contribution < 1.29 is 19.1 Å². The van der Waals surface area contributed by atoms with Gasteiger partial charge in [0.15, 0.2) is 0 Å². The normalized spacial score (nSPS) is 17.5. The number of hydrogen-bond acceptors (Lipinski definition) is 2. The number of carbonyl (C=O) groups excluding carboxylic acids is 1. The molecule has 0 aliphatic carbocycles. The van der Waals surface area contributed by atoms with Crippen LogP contribution < -0.4 is 0 Å². The third-order valence-electron chi connectivity index (χ3n) is 4.65. The number of amides is 1. The van der Waals surface area contributed by atoms with E-state index in [2.05, 4.69) is 0 Å². The van der Waals surface area contributed by atoms with Crippen molar-refractivity contribution in [2.24, 2.45) is 5.92 Å². The van der Waals surface area contributed by atoms with Gasteiger partial charge in [0.1, 0.15) is 5.82 Å². The van der Waals surface area contributed by atoms with E-state index in [0.29, 0.717) is 30.8 Å². The summed E-state index contributed by atoms with van der Waals surface area (Å²) in [5.74, 6) is -1.26. The highest BCUT2D eigenvalue weighted by atomic mass is 19.1. The first-order valence-corrected chi connectivity index (χ1v) is 8.48. The predicted octanol–water partition coefficient (Wildman–Crippen LogP) is 3.33. The van der Waals surface area contributed by atoms with E-state index in [1.54, 1.807) is 34.0 Å². The van der Waals surface area contributed by atoms with E-state index in [1.165, 1.54) is 6.07 Å². The summed E-state index contributed by atoms with van der Waals surface area (Å²) in [6, 6.07) is 8.14. The minimum Gasteiger partial charge on any atom is -0.481 e. The number of carboxylic acid groups (broad SMARTS) is 1. The Hall–Kier alpha value is -2.63. The monoisotopic (exact) mass is 344 g/mol. The molecule has 1 aliphatic rings. The molecule has 1 unspecified atom stereocenters. The summed E-state index contributed by atoms with van der Waals surface area (Å²) in [6.45, 7) is 1.16. The molecule has 2 heterocycles. The van der Waals surface area contributed by atoms with Crippen LogP contribution in [0.15, 0.2) is 42.7 Å². The summed E-state index contributed by atoms with van der Waals surface area (Å²) in [6.07, 6.45) is 5.96. The number of nitrogens with zero attached hydrogens (tertiary/aromatic N) is 2. The average Bonchev–Trinajstić information content (AvgIpc) is 3.14. The van der Waals surface area contributed by atoms with Crippen LogP contribution in [-0.2, 0) is 4.79 Å². The topological polar surface area (TPSA) is 62.5 Å². The SMILES string of the molecule is O=C(O)CCC1CCCN(C(=O)c2ccc(-n3cccc3)c(F)c2)C1. The molecule has 1 aromatic carbocycles. The number of carboxylic acids is 1. The van der Waals surface area contributed by atoms with Crippen molar-refractivity contribution in [3.8, 4) is 5.69 Å². The van der Waals surface area contributed by atoms with E-state index in [0.717, 1.165) is 12.8 Å². The number of aliphatic carboxylic acids is 1. The lowest BCUT2D eigenvalue weighted by Crippen LogP contribution is -2.40. The second-order valence-corrected chi connectivity index (χ2v) is 6.45. The standard InChI is InChI=1S/C19H21FN2O3/c20-16-12-15(6-7-17(16)21-9-1-2-10-21)19(25)22-11-3-4-14(13-22)5-8-18(23)24/h1-2,6-7,9-10,12,14H,3-5,8,11,13H2,(H,23,24). The van der Waals surface area contributed by atoms with Gasteiger partial charge in [-0.15, -0.1) is 0 Å². The fraction of sp³-hybridized carbons (Fsp3) is 0.368. The maximum Gasteiger partial charge on any atom is 0.303 e. The first-order valence-electron chi connectivity index (χ1n) is 8.48. The van der Waals surface area contributed by atoms with E-state index in [4.69, 9.17) is 5.11 Å². The number of piperidine rings is 1. The summed E-state index contributed by atoms with van der Waals surface area (Å²) in [7, 11) is 0. The Morgan fingerprint density at radius 2 is 2.00 bits per heavy atom. The number of carbonyl (C=O) groups is 2. The molecule has 1 saturated heterocycles. The molecule has 132 valence electrons.